The van der Waals surface area contributed by atoms with E-state index in [1.54, 1.807) is 0 Å². The van der Waals surface area contributed by atoms with E-state index < -0.39 is 0 Å². The predicted octanol–water partition coefficient (Wildman–Crippen LogP) is 3.54. The molecule has 2 atom stereocenters. The highest BCUT2D eigenvalue weighted by molar-refractivity contribution is 7.03. The van der Waals surface area contributed by atoms with E-state index in [0.29, 0.717) is 5.92 Å². The van der Waals surface area contributed by atoms with Gasteiger partial charge in [-0.15, -0.1) is 5.10 Å². The first-order chi connectivity index (χ1) is 10.4. The van der Waals surface area contributed by atoms with Crippen molar-refractivity contribution in [3.05, 3.63) is 40.9 Å². The lowest BCUT2D eigenvalue weighted by Gasteiger charge is -2.29. The maximum atomic E-state index is 5.76. The van der Waals surface area contributed by atoms with Gasteiger partial charge in [0.05, 0.1) is 18.3 Å². The Morgan fingerprint density at radius 1 is 1.43 bits per heavy atom. The van der Waals surface area contributed by atoms with Crippen LogP contribution in [0.15, 0.2) is 29.6 Å². The summed E-state index contributed by atoms with van der Waals surface area (Å²) in [5, 5.41) is 9.93. The third-order valence-corrected chi connectivity index (χ3v) is 4.50. The molecule has 0 bridgehead atoms. The number of nitrogens with one attached hydrogen (secondary N) is 1. The number of benzene rings is 1. The molecule has 0 amide bonds. The standard InChI is InChI=1S/C16H21N3OS/c1-2-8-17-14(15-11-21-19-18-15)10-12-7-9-20-16-6-4-3-5-13(12)16/h3-6,11-12,14,17H,2,7-10H2,1H3. The van der Waals surface area contributed by atoms with Gasteiger partial charge >= 0.3 is 0 Å². The number of fused-ring (bicyclic) bond motifs is 1. The van der Waals surface area contributed by atoms with E-state index in [-0.39, 0.29) is 6.04 Å². The predicted molar refractivity (Wildman–Crippen MR) is 84.9 cm³/mol. The normalized spacial score (nSPS) is 18.8. The van der Waals surface area contributed by atoms with Gasteiger partial charge in [0.2, 0.25) is 0 Å². The minimum Gasteiger partial charge on any atom is -0.493 e. The van der Waals surface area contributed by atoms with Crippen molar-refractivity contribution in [1.29, 1.82) is 0 Å². The second-order valence-corrected chi connectivity index (χ2v) is 6.05. The summed E-state index contributed by atoms with van der Waals surface area (Å²) in [5.41, 5.74) is 2.40. The fraction of sp³-hybridized carbons (Fsp3) is 0.500. The van der Waals surface area contributed by atoms with Gasteiger partial charge < -0.3 is 10.1 Å². The van der Waals surface area contributed by atoms with Gasteiger partial charge in [-0.3, -0.25) is 0 Å². The van der Waals surface area contributed by atoms with Crippen LogP contribution >= 0.6 is 11.5 Å². The zero-order valence-corrected chi connectivity index (χ0v) is 13.1. The minimum absolute atomic E-state index is 0.278. The van der Waals surface area contributed by atoms with Gasteiger partial charge in [-0.25, -0.2) is 0 Å². The molecule has 0 saturated heterocycles. The molecule has 0 saturated carbocycles. The molecule has 2 unspecified atom stereocenters. The van der Waals surface area contributed by atoms with Crippen molar-refractivity contribution in [2.24, 2.45) is 0 Å². The zero-order chi connectivity index (χ0) is 14.5. The Morgan fingerprint density at radius 3 is 3.14 bits per heavy atom. The summed E-state index contributed by atoms with van der Waals surface area (Å²) in [5.74, 6) is 1.56. The van der Waals surface area contributed by atoms with Crippen LogP contribution < -0.4 is 10.1 Å². The van der Waals surface area contributed by atoms with Gasteiger partial charge in [0, 0.05) is 5.38 Å². The Balaban J connectivity index is 1.77. The van der Waals surface area contributed by atoms with Crippen LogP contribution in [-0.4, -0.2) is 22.7 Å². The number of para-hydroxylation sites is 1. The summed E-state index contributed by atoms with van der Waals surface area (Å²) in [6.07, 6.45) is 3.24. The smallest absolute Gasteiger partial charge is 0.122 e. The SMILES string of the molecule is CCCNC(CC1CCOc2ccccc21)c1csnn1. The van der Waals surface area contributed by atoms with E-state index in [1.165, 1.54) is 17.1 Å². The maximum Gasteiger partial charge on any atom is 0.122 e. The van der Waals surface area contributed by atoms with E-state index in [4.69, 9.17) is 4.74 Å². The van der Waals surface area contributed by atoms with Crippen molar-refractivity contribution < 1.29 is 4.74 Å². The molecule has 0 fully saturated rings. The van der Waals surface area contributed by atoms with Crippen LogP contribution in [0.25, 0.3) is 0 Å². The van der Waals surface area contributed by atoms with Gasteiger partial charge in [-0.1, -0.05) is 29.6 Å². The van der Waals surface area contributed by atoms with Gasteiger partial charge in [-0.2, -0.15) is 0 Å². The average Bonchev–Trinajstić information content (AvgIpc) is 3.06. The Hall–Kier alpha value is -1.46. The summed E-state index contributed by atoms with van der Waals surface area (Å²) < 4.78 is 9.78. The lowest BCUT2D eigenvalue weighted by atomic mass is 9.87. The van der Waals surface area contributed by atoms with Crippen molar-refractivity contribution in [1.82, 2.24) is 14.9 Å². The number of aromatic nitrogens is 2. The second-order valence-electron chi connectivity index (χ2n) is 5.44. The molecule has 1 aromatic carbocycles. The molecule has 4 nitrogen and oxygen atoms in total. The first-order valence-electron chi connectivity index (χ1n) is 7.60. The number of hydrogen-bond donors (Lipinski definition) is 1. The molecule has 0 radical (unpaired) electrons. The molecule has 5 heteroatoms. The van der Waals surface area contributed by atoms with Gasteiger partial charge in [0.1, 0.15) is 5.75 Å². The monoisotopic (exact) mass is 303 g/mol. The van der Waals surface area contributed by atoms with E-state index in [0.717, 1.165) is 43.9 Å². The Bertz CT molecular complexity index is 558. The van der Waals surface area contributed by atoms with Crippen LogP contribution in [-0.2, 0) is 0 Å². The molecule has 0 aliphatic carbocycles. The molecule has 2 aromatic rings. The molecule has 3 rings (SSSR count). The van der Waals surface area contributed by atoms with E-state index in [2.05, 4.69) is 45.4 Å². The summed E-state index contributed by atoms with van der Waals surface area (Å²) in [6, 6.07) is 8.67. The zero-order valence-electron chi connectivity index (χ0n) is 12.3. The summed E-state index contributed by atoms with van der Waals surface area (Å²) >= 11 is 1.42. The number of nitrogens with zero attached hydrogens (tertiary/aromatic N) is 2. The van der Waals surface area contributed by atoms with Gasteiger partial charge in [0.15, 0.2) is 0 Å². The number of ether oxygens (including phenoxy) is 1. The molecular formula is C16H21N3OS. The summed E-state index contributed by atoms with van der Waals surface area (Å²) in [7, 11) is 0. The van der Waals surface area contributed by atoms with Gasteiger partial charge in [-0.05, 0) is 54.9 Å². The van der Waals surface area contributed by atoms with Crippen molar-refractivity contribution in [3.8, 4) is 5.75 Å². The Labute approximate surface area is 129 Å². The third-order valence-electron chi connectivity index (χ3n) is 3.98. The minimum atomic E-state index is 0.278. The number of rotatable bonds is 6. The largest absolute Gasteiger partial charge is 0.493 e. The Kier molecular flexibility index (Phi) is 4.83. The number of hydrogen-bond acceptors (Lipinski definition) is 5. The molecule has 1 aromatic heterocycles. The average molecular weight is 303 g/mol. The van der Waals surface area contributed by atoms with Crippen LogP contribution in [0.2, 0.25) is 0 Å². The van der Waals surface area contributed by atoms with Crippen LogP contribution in [0.3, 0.4) is 0 Å². The maximum absolute atomic E-state index is 5.76. The molecule has 2 heterocycles. The molecule has 112 valence electrons. The molecule has 1 aliphatic rings. The molecule has 1 N–H and O–H groups in total. The molecular weight excluding hydrogens is 282 g/mol. The van der Waals surface area contributed by atoms with Crippen molar-refractivity contribution in [2.75, 3.05) is 13.2 Å². The van der Waals surface area contributed by atoms with Crippen molar-refractivity contribution >= 4 is 11.5 Å². The van der Waals surface area contributed by atoms with Crippen LogP contribution in [0.1, 0.15) is 49.4 Å². The topological polar surface area (TPSA) is 47.0 Å². The van der Waals surface area contributed by atoms with E-state index in [1.807, 2.05) is 6.07 Å². The van der Waals surface area contributed by atoms with Crippen LogP contribution in [0.4, 0.5) is 0 Å². The molecule has 0 spiro atoms. The van der Waals surface area contributed by atoms with E-state index in [9.17, 15) is 0 Å². The fourth-order valence-electron chi connectivity index (χ4n) is 2.90. The fourth-order valence-corrected chi connectivity index (χ4v) is 3.40. The first kappa shape index (κ1) is 14.5. The van der Waals surface area contributed by atoms with Crippen LogP contribution in [0.5, 0.6) is 5.75 Å². The lowest BCUT2D eigenvalue weighted by Crippen LogP contribution is -2.26. The quantitative estimate of drug-likeness (QED) is 0.886. The first-order valence-corrected chi connectivity index (χ1v) is 8.44. The summed E-state index contributed by atoms with van der Waals surface area (Å²) in [4.78, 5) is 0. The van der Waals surface area contributed by atoms with Crippen molar-refractivity contribution in [3.63, 3.8) is 0 Å². The van der Waals surface area contributed by atoms with E-state index >= 15 is 0 Å². The van der Waals surface area contributed by atoms with Gasteiger partial charge in [0.25, 0.3) is 0 Å². The highest BCUT2D eigenvalue weighted by Gasteiger charge is 2.25. The highest BCUT2D eigenvalue weighted by Crippen LogP contribution is 2.38. The van der Waals surface area contributed by atoms with Crippen molar-refractivity contribution in [2.45, 2.75) is 38.1 Å². The lowest BCUT2D eigenvalue weighted by molar-refractivity contribution is 0.254. The summed E-state index contributed by atoms with van der Waals surface area (Å²) in [6.45, 7) is 4.00. The molecule has 21 heavy (non-hydrogen) atoms. The highest BCUT2D eigenvalue weighted by atomic mass is 32.1. The van der Waals surface area contributed by atoms with Crippen LogP contribution in [0, 0.1) is 0 Å². The Morgan fingerprint density at radius 2 is 2.33 bits per heavy atom. The molecule has 1 aliphatic heterocycles. The third kappa shape index (κ3) is 3.41. The second kappa shape index (κ2) is 7.00.